The fraction of sp³-hybridized carbons (Fsp3) is 0.208. The lowest BCUT2D eigenvalue weighted by atomic mass is 10.1. The number of amides is 2. The van der Waals surface area contributed by atoms with Gasteiger partial charge in [0.25, 0.3) is 23.2 Å². The van der Waals surface area contributed by atoms with Crippen molar-refractivity contribution in [3.05, 3.63) is 95.9 Å². The van der Waals surface area contributed by atoms with Crippen molar-refractivity contribution in [3.8, 4) is 0 Å². The van der Waals surface area contributed by atoms with Crippen molar-refractivity contribution in [1.82, 2.24) is 5.32 Å². The lowest BCUT2D eigenvalue weighted by Gasteiger charge is -2.07. The molecular formula is C24H22N4O8S. The van der Waals surface area contributed by atoms with E-state index in [1.165, 1.54) is 6.92 Å². The van der Waals surface area contributed by atoms with Gasteiger partial charge in [-0.15, -0.1) is 11.3 Å². The maximum absolute atomic E-state index is 12.9. The molecule has 2 aromatic carbocycles. The highest BCUT2D eigenvalue weighted by atomic mass is 32.1. The van der Waals surface area contributed by atoms with E-state index in [2.05, 4.69) is 10.6 Å². The molecule has 0 spiro atoms. The van der Waals surface area contributed by atoms with Crippen LogP contribution in [0, 0.1) is 27.2 Å². The van der Waals surface area contributed by atoms with Gasteiger partial charge in [-0.05, 0) is 31.4 Å². The van der Waals surface area contributed by atoms with Crippen molar-refractivity contribution in [2.24, 2.45) is 0 Å². The van der Waals surface area contributed by atoms with Gasteiger partial charge in [-0.3, -0.25) is 29.8 Å². The molecule has 0 aliphatic rings. The second-order valence-corrected chi connectivity index (χ2v) is 8.70. The van der Waals surface area contributed by atoms with Gasteiger partial charge >= 0.3 is 5.97 Å². The molecule has 37 heavy (non-hydrogen) atoms. The van der Waals surface area contributed by atoms with Gasteiger partial charge in [-0.25, -0.2) is 4.79 Å². The molecule has 0 aliphatic heterocycles. The van der Waals surface area contributed by atoms with Crippen LogP contribution in [0.5, 0.6) is 0 Å². The van der Waals surface area contributed by atoms with Gasteiger partial charge in [-0.2, -0.15) is 0 Å². The summed E-state index contributed by atoms with van der Waals surface area (Å²) in [5.41, 5.74) is -0.404. The van der Waals surface area contributed by atoms with E-state index in [-0.39, 0.29) is 33.2 Å². The number of carbonyl (C=O) groups excluding carboxylic acids is 3. The number of nitrogens with one attached hydrogen (secondary N) is 2. The first-order valence-electron chi connectivity index (χ1n) is 11.0. The van der Waals surface area contributed by atoms with Crippen LogP contribution in [0.15, 0.2) is 48.5 Å². The Balaban J connectivity index is 1.89. The summed E-state index contributed by atoms with van der Waals surface area (Å²) in [7, 11) is 0. The molecule has 0 saturated carbocycles. The Morgan fingerprint density at radius 1 is 0.973 bits per heavy atom. The Labute approximate surface area is 214 Å². The standard InChI is InChI=1S/C24H22N4O8S/c1-3-36-24(31)19-14(2)20(22(30)25-10-9-15-7-5-4-6-8-15)37-23(19)26-21(29)16-11-17(27(32)33)13-18(12-16)28(34)35/h4-8,11-13H,3,9-10H2,1-2H3,(H,25,30)(H,26,29). The van der Waals surface area contributed by atoms with Gasteiger partial charge in [0.15, 0.2) is 0 Å². The molecule has 0 radical (unpaired) electrons. The van der Waals surface area contributed by atoms with Crippen LogP contribution in [-0.2, 0) is 11.2 Å². The zero-order valence-electron chi connectivity index (χ0n) is 19.8. The van der Waals surface area contributed by atoms with Gasteiger partial charge in [-0.1, -0.05) is 30.3 Å². The Morgan fingerprint density at radius 2 is 1.59 bits per heavy atom. The number of rotatable bonds is 10. The van der Waals surface area contributed by atoms with Crippen LogP contribution in [0.3, 0.4) is 0 Å². The molecule has 1 aromatic heterocycles. The third kappa shape index (κ3) is 6.52. The third-order valence-corrected chi connectivity index (χ3v) is 6.39. The topological polar surface area (TPSA) is 171 Å². The summed E-state index contributed by atoms with van der Waals surface area (Å²) in [4.78, 5) is 59.2. The maximum atomic E-state index is 12.9. The first-order valence-corrected chi connectivity index (χ1v) is 11.8. The molecule has 13 heteroatoms. The number of hydrogen-bond acceptors (Lipinski definition) is 9. The highest BCUT2D eigenvalue weighted by molar-refractivity contribution is 7.18. The van der Waals surface area contributed by atoms with Crippen molar-refractivity contribution in [2.45, 2.75) is 20.3 Å². The van der Waals surface area contributed by atoms with Crippen molar-refractivity contribution in [2.75, 3.05) is 18.5 Å². The molecule has 0 unspecified atom stereocenters. The molecule has 2 amide bonds. The van der Waals surface area contributed by atoms with Crippen LogP contribution >= 0.6 is 11.3 Å². The molecule has 0 aliphatic carbocycles. The summed E-state index contributed by atoms with van der Waals surface area (Å²) < 4.78 is 5.08. The largest absolute Gasteiger partial charge is 0.462 e. The van der Waals surface area contributed by atoms with E-state index in [9.17, 15) is 34.6 Å². The number of esters is 1. The van der Waals surface area contributed by atoms with E-state index in [4.69, 9.17) is 4.74 Å². The molecule has 1 heterocycles. The van der Waals surface area contributed by atoms with Crippen LogP contribution in [0.4, 0.5) is 16.4 Å². The smallest absolute Gasteiger partial charge is 0.341 e. The Hall–Kier alpha value is -4.65. The van der Waals surface area contributed by atoms with Crippen molar-refractivity contribution in [3.63, 3.8) is 0 Å². The number of benzene rings is 2. The van der Waals surface area contributed by atoms with Gasteiger partial charge in [0.05, 0.1) is 38.5 Å². The minimum atomic E-state index is -0.936. The fourth-order valence-electron chi connectivity index (χ4n) is 3.42. The highest BCUT2D eigenvalue weighted by Crippen LogP contribution is 2.34. The lowest BCUT2D eigenvalue weighted by molar-refractivity contribution is -0.394. The summed E-state index contributed by atoms with van der Waals surface area (Å²) in [5, 5.41) is 27.6. The van der Waals surface area contributed by atoms with Crippen LogP contribution in [0.25, 0.3) is 0 Å². The van der Waals surface area contributed by atoms with E-state index in [0.717, 1.165) is 35.1 Å². The molecule has 3 aromatic rings. The van der Waals surface area contributed by atoms with E-state index >= 15 is 0 Å². The molecule has 0 fully saturated rings. The SMILES string of the molecule is CCOC(=O)c1c(NC(=O)c2cc([N+](=O)[O-])cc([N+](=O)[O-])c2)sc(C(=O)NCCc2ccccc2)c1C. The average molecular weight is 527 g/mol. The summed E-state index contributed by atoms with van der Waals surface area (Å²) in [6.45, 7) is 3.49. The van der Waals surface area contributed by atoms with E-state index < -0.39 is 39.0 Å². The molecule has 3 rings (SSSR count). The lowest BCUT2D eigenvalue weighted by Crippen LogP contribution is -2.25. The molecule has 192 valence electrons. The number of thiophene rings is 1. The minimum absolute atomic E-state index is 0.0247. The fourth-order valence-corrected chi connectivity index (χ4v) is 4.53. The predicted octanol–water partition coefficient (Wildman–Crippen LogP) is 4.27. The van der Waals surface area contributed by atoms with E-state index in [1.807, 2.05) is 30.3 Å². The second-order valence-electron chi connectivity index (χ2n) is 7.68. The summed E-state index contributed by atoms with van der Waals surface area (Å²) in [5.74, 6) is -2.18. The monoisotopic (exact) mass is 526 g/mol. The normalized spacial score (nSPS) is 10.4. The molecule has 2 N–H and O–H groups in total. The number of nitro groups is 2. The zero-order valence-corrected chi connectivity index (χ0v) is 20.6. The van der Waals surface area contributed by atoms with Crippen LogP contribution in [-0.4, -0.2) is 40.8 Å². The van der Waals surface area contributed by atoms with Crippen LogP contribution < -0.4 is 10.6 Å². The van der Waals surface area contributed by atoms with E-state index in [1.54, 1.807) is 6.92 Å². The number of nitro benzene ring substituents is 2. The molecule has 0 atom stereocenters. The second kappa shape index (κ2) is 11.9. The first kappa shape index (κ1) is 26.9. The molecule has 12 nitrogen and oxygen atoms in total. The number of non-ortho nitro benzene ring substituents is 2. The van der Waals surface area contributed by atoms with Gasteiger partial charge < -0.3 is 15.4 Å². The summed E-state index contributed by atoms with van der Waals surface area (Å²) >= 11 is 0.826. The quantitative estimate of drug-likeness (QED) is 0.224. The number of ether oxygens (including phenoxy) is 1. The Bertz CT molecular complexity index is 1340. The van der Waals surface area contributed by atoms with Crippen molar-refractivity contribution < 1.29 is 29.0 Å². The summed E-state index contributed by atoms with van der Waals surface area (Å²) in [6.07, 6.45) is 0.580. The minimum Gasteiger partial charge on any atom is -0.462 e. The zero-order chi connectivity index (χ0) is 27.1. The van der Waals surface area contributed by atoms with Crippen molar-refractivity contribution >= 4 is 45.5 Å². The summed E-state index contributed by atoms with van der Waals surface area (Å²) in [6, 6.07) is 12.0. The van der Waals surface area contributed by atoms with Crippen LogP contribution in [0.1, 0.15) is 48.4 Å². The average Bonchev–Trinajstić information content (AvgIpc) is 3.19. The van der Waals surface area contributed by atoms with Crippen LogP contribution in [0.2, 0.25) is 0 Å². The van der Waals surface area contributed by atoms with Gasteiger partial charge in [0, 0.05) is 18.7 Å². The Kier molecular flexibility index (Phi) is 8.64. The molecular weight excluding hydrogens is 504 g/mol. The molecule has 0 bridgehead atoms. The first-order chi connectivity index (χ1) is 17.6. The molecule has 0 saturated heterocycles. The number of nitrogens with zero attached hydrogens (tertiary/aromatic N) is 2. The highest BCUT2D eigenvalue weighted by Gasteiger charge is 2.28. The third-order valence-electron chi connectivity index (χ3n) is 5.19. The van der Waals surface area contributed by atoms with Crippen molar-refractivity contribution in [1.29, 1.82) is 0 Å². The number of anilines is 1. The number of hydrogen-bond donors (Lipinski definition) is 2. The maximum Gasteiger partial charge on any atom is 0.341 e. The van der Waals surface area contributed by atoms with Gasteiger partial charge in [0.2, 0.25) is 0 Å². The van der Waals surface area contributed by atoms with Gasteiger partial charge in [0.1, 0.15) is 5.00 Å². The van der Waals surface area contributed by atoms with E-state index in [0.29, 0.717) is 13.0 Å². The Morgan fingerprint density at radius 3 is 2.16 bits per heavy atom. The predicted molar refractivity (Wildman–Crippen MR) is 135 cm³/mol. The number of carbonyl (C=O) groups is 3.